The zero-order valence-electron chi connectivity index (χ0n) is 25.0. The summed E-state index contributed by atoms with van der Waals surface area (Å²) < 4.78 is 0. The number of benzene rings is 3. The van der Waals surface area contributed by atoms with Gasteiger partial charge in [0.25, 0.3) is 0 Å². The summed E-state index contributed by atoms with van der Waals surface area (Å²) in [5.74, 6) is 0. The Morgan fingerprint density at radius 3 is 1.76 bits per heavy atom. The summed E-state index contributed by atoms with van der Waals surface area (Å²) in [7, 11) is 0. The van der Waals surface area contributed by atoms with E-state index in [-0.39, 0.29) is 36.4 Å². The number of pyridine rings is 2. The van der Waals surface area contributed by atoms with Crippen LogP contribution in [0.25, 0.3) is 33.6 Å². The molecule has 0 aliphatic heterocycles. The van der Waals surface area contributed by atoms with Crippen molar-refractivity contribution in [3.05, 3.63) is 132 Å². The van der Waals surface area contributed by atoms with Gasteiger partial charge in [-0.2, -0.15) is 0 Å². The molecule has 0 amide bonds. The summed E-state index contributed by atoms with van der Waals surface area (Å²) in [6, 6.07) is 37.8. The molecule has 0 atom stereocenters. The Kier molecular flexibility index (Phi) is 8.83. The summed E-state index contributed by atoms with van der Waals surface area (Å²) in [5.41, 5.74) is 11.2. The van der Waals surface area contributed by atoms with Crippen molar-refractivity contribution in [2.24, 2.45) is 5.41 Å². The normalized spacial score (nSPS) is 15.6. The first kappa shape index (κ1) is 30.6. The zero-order chi connectivity index (χ0) is 28.5. The van der Waals surface area contributed by atoms with Crippen molar-refractivity contribution in [3.8, 4) is 33.6 Å². The summed E-state index contributed by atoms with van der Waals surface area (Å²) >= 11 is 0. The largest absolute Gasteiger partial charge is 0.305 e. The van der Waals surface area contributed by atoms with Gasteiger partial charge in [0.05, 0.1) is 0 Å². The minimum Gasteiger partial charge on any atom is -0.305 e. The first-order valence-electron chi connectivity index (χ1n) is 14.0. The molecular formula is C38H38IrN2-2. The average Bonchev–Trinajstić information content (AvgIpc) is 3.08. The number of aromatic nitrogens is 2. The van der Waals surface area contributed by atoms with Crippen LogP contribution in [0.3, 0.4) is 0 Å². The van der Waals surface area contributed by atoms with Gasteiger partial charge in [0.2, 0.25) is 0 Å². The van der Waals surface area contributed by atoms with Gasteiger partial charge >= 0.3 is 0 Å². The Hall–Kier alpha value is -3.39. The Balaban J connectivity index is 0.000000185. The van der Waals surface area contributed by atoms with E-state index in [4.69, 9.17) is 0 Å². The van der Waals surface area contributed by atoms with Crippen LogP contribution in [0.15, 0.2) is 103 Å². The third-order valence-corrected chi connectivity index (χ3v) is 9.56. The zero-order valence-corrected chi connectivity index (χ0v) is 27.4. The van der Waals surface area contributed by atoms with Crippen molar-refractivity contribution in [1.82, 2.24) is 9.97 Å². The van der Waals surface area contributed by atoms with Gasteiger partial charge in [-0.15, -0.1) is 70.3 Å². The van der Waals surface area contributed by atoms with Crippen molar-refractivity contribution in [1.29, 1.82) is 0 Å². The molecule has 3 aromatic carbocycles. The first-order valence-corrected chi connectivity index (χ1v) is 14.0. The van der Waals surface area contributed by atoms with E-state index in [0.29, 0.717) is 0 Å². The van der Waals surface area contributed by atoms with E-state index in [9.17, 15) is 0 Å². The third-order valence-electron chi connectivity index (χ3n) is 9.56. The van der Waals surface area contributed by atoms with Crippen LogP contribution < -0.4 is 0 Å². The molecule has 1 aliphatic carbocycles. The second-order valence-corrected chi connectivity index (χ2v) is 12.3. The Bertz CT molecular complexity index is 1620. The van der Waals surface area contributed by atoms with Gasteiger partial charge in [0, 0.05) is 32.5 Å². The maximum atomic E-state index is 4.46. The molecule has 211 valence electrons. The van der Waals surface area contributed by atoms with Crippen LogP contribution in [0.2, 0.25) is 0 Å². The number of nitrogens with zero attached hydrogens (tertiary/aromatic N) is 2. The fourth-order valence-electron chi connectivity index (χ4n) is 5.85. The van der Waals surface area contributed by atoms with Crippen molar-refractivity contribution < 1.29 is 20.1 Å². The fourth-order valence-corrected chi connectivity index (χ4v) is 5.85. The standard InChI is InChI=1S/C20H24N.C18H14N.Ir/c1-18(2)15-11-10-14(17-9-7-8-12-21-17)13-16(15)19(3,4)20(18,5)6;1-14-7-2-3-10-17(14)15-8-6-9-16(13-15)18-11-4-5-12-19-18;/h7-9,11-13H,1-6H3;2-8,10-13H,1H3;/q2*-1;. The Labute approximate surface area is 259 Å². The van der Waals surface area contributed by atoms with Crippen LogP contribution in [-0.4, -0.2) is 9.97 Å². The van der Waals surface area contributed by atoms with Crippen molar-refractivity contribution in [2.45, 2.75) is 59.3 Å². The summed E-state index contributed by atoms with van der Waals surface area (Å²) in [6.07, 6.45) is 3.65. The molecule has 2 heterocycles. The molecule has 2 nitrogen and oxygen atoms in total. The van der Waals surface area contributed by atoms with Gasteiger partial charge in [-0.25, -0.2) is 0 Å². The predicted octanol–water partition coefficient (Wildman–Crippen LogP) is 9.67. The van der Waals surface area contributed by atoms with E-state index in [0.717, 1.165) is 22.5 Å². The SMILES string of the molecule is CC1(C)c2c[c-]c(-c3ccccn3)cc2C(C)(C)C1(C)C.Cc1ccccc1-c1cc[c-]c(-c2ccccn2)c1.[Ir]. The topological polar surface area (TPSA) is 25.8 Å². The molecule has 0 unspecified atom stereocenters. The van der Waals surface area contributed by atoms with Crippen LogP contribution in [-0.2, 0) is 30.9 Å². The molecule has 0 spiro atoms. The van der Waals surface area contributed by atoms with Crippen molar-refractivity contribution in [2.75, 3.05) is 0 Å². The molecule has 1 radical (unpaired) electrons. The molecular weight excluding hydrogens is 677 g/mol. The molecule has 6 rings (SSSR count). The first-order chi connectivity index (χ1) is 19.0. The molecule has 0 N–H and O–H groups in total. The number of rotatable bonds is 3. The molecule has 0 saturated carbocycles. The minimum atomic E-state index is 0. The number of hydrogen-bond donors (Lipinski definition) is 0. The van der Waals surface area contributed by atoms with Crippen molar-refractivity contribution in [3.63, 3.8) is 0 Å². The van der Waals surface area contributed by atoms with Gasteiger partial charge < -0.3 is 9.97 Å². The second-order valence-electron chi connectivity index (χ2n) is 12.3. The van der Waals surface area contributed by atoms with E-state index in [2.05, 4.69) is 125 Å². The third kappa shape index (κ3) is 5.58. The van der Waals surface area contributed by atoms with E-state index in [1.807, 2.05) is 48.8 Å². The molecule has 0 fully saturated rings. The van der Waals surface area contributed by atoms with Gasteiger partial charge in [-0.3, -0.25) is 0 Å². The molecule has 0 saturated heterocycles. The summed E-state index contributed by atoms with van der Waals surface area (Å²) in [4.78, 5) is 8.84. The molecule has 41 heavy (non-hydrogen) atoms. The summed E-state index contributed by atoms with van der Waals surface area (Å²) in [5, 5.41) is 0. The second kappa shape index (κ2) is 11.8. The monoisotopic (exact) mass is 715 g/mol. The number of hydrogen-bond acceptors (Lipinski definition) is 2. The minimum absolute atomic E-state index is 0. The van der Waals surface area contributed by atoms with Gasteiger partial charge in [-0.05, 0) is 57.8 Å². The van der Waals surface area contributed by atoms with Gasteiger partial charge in [0.15, 0.2) is 0 Å². The molecule has 5 aromatic rings. The molecule has 1 aliphatic rings. The van der Waals surface area contributed by atoms with Crippen molar-refractivity contribution >= 4 is 0 Å². The quantitative estimate of drug-likeness (QED) is 0.174. The van der Waals surface area contributed by atoms with Crippen LogP contribution >= 0.6 is 0 Å². The smallest absolute Gasteiger partial charge is 0.0160 e. The number of fused-ring (bicyclic) bond motifs is 1. The van der Waals surface area contributed by atoms with Crippen LogP contribution in [0, 0.1) is 24.5 Å². The average molecular weight is 715 g/mol. The van der Waals surface area contributed by atoms with Crippen LogP contribution in [0.1, 0.15) is 58.2 Å². The fraction of sp³-hybridized carbons (Fsp3) is 0.263. The maximum absolute atomic E-state index is 4.46. The van der Waals surface area contributed by atoms with E-state index < -0.39 is 0 Å². The predicted molar refractivity (Wildman–Crippen MR) is 167 cm³/mol. The van der Waals surface area contributed by atoms with Crippen LogP contribution in [0.5, 0.6) is 0 Å². The Morgan fingerprint density at radius 1 is 0.610 bits per heavy atom. The Morgan fingerprint density at radius 2 is 1.17 bits per heavy atom. The van der Waals surface area contributed by atoms with Gasteiger partial charge in [0.1, 0.15) is 0 Å². The van der Waals surface area contributed by atoms with E-state index in [1.165, 1.54) is 27.8 Å². The van der Waals surface area contributed by atoms with E-state index >= 15 is 0 Å². The van der Waals surface area contributed by atoms with E-state index in [1.54, 1.807) is 0 Å². The summed E-state index contributed by atoms with van der Waals surface area (Å²) in [6.45, 7) is 16.3. The number of aryl methyl sites for hydroxylation is 1. The molecule has 2 aromatic heterocycles. The molecule has 3 heteroatoms. The maximum Gasteiger partial charge on any atom is 0.0160 e. The van der Waals surface area contributed by atoms with Gasteiger partial charge in [-0.1, -0.05) is 90.1 Å². The molecule has 0 bridgehead atoms. The van der Waals surface area contributed by atoms with Crippen LogP contribution in [0.4, 0.5) is 0 Å².